The Morgan fingerprint density at radius 3 is 2.36 bits per heavy atom. The van der Waals surface area contributed by atoms with Gasteiger partial charge in [-0.25, -0.2) is 0 Å². The van der Waals surface area contributed by atoms with Crippen molar-refractivity contribution in [1.82, 2.24) is 9.80 Å². The standard InChI is InChI=1S/C17H19N3O5/c1-10-5-11(2)8-18(7-10)15(21)9-19-16(22)13-4-3-12(20(24)25)6-14(13)17(19)23/h3-4,6,10-11H,5,7-9H2,1-2H3/t10-,11+. The highest BCUT2D eigenvalue weighted by atomic mass is 16.6. The fourth-order valence-corrected chi connectivity index (χ4v) is 3.64. The van der Waals surface area contributed by atoms with Crippen molar-refractivity contribution in [3.8, 4) is 0 Å². The van der Waals surface area contributed by atoms with E-state index >= 15 is 0 Å². The summed E-state index contributed by atoms with van der Waals surface area (Å²) in [7, 11) is 0. The van der Waals surface area contributed by atoms with Crippen molar-refractivity contribution in [2.45, 2.75) is 20.3 Å². The molecule has 2 heterocycles. The lowest BCUT2D eigenvalue weighted by Gasteiger charge is -2.35. The van der Waals surface area contributed by atoms with Gasteiger partial charge in [0.1, 0.15) is 6.54 Å². The SMILES string of the molecule is C[C@@H]1C[C@H](C)CN(C(=O)CN2C(=O)c3ccc([N+](=O)[O-])cc3C2=O)C1. The van der Waals surface area contributed by atoms with E-state index in [1.807, 2.05) is 0 Å². The zero-order valence-corrected chi connectivity index (χ0v) is 14.1. The van der Waals surface area contributed by atoms with E-state index in [9.17, 15) is 24.5 Å². The third kappa shape index (κ3) is 3.11. The van der Waals surface area contributed by atoms with Gasteiger partial charge in [-0.3, -0.25) is 29.4 Å². The maximum Gasteiger partial charge on any atom is 0.270 e. The highest BCUT2D eigenvalue weighted by molar-refractivity contribution is 6.22. The normalized spacial score (nSPS) is 23.0. The second-order valence-corrected chi connectivity index (χ2v) is 6.93. The number of nitro benzene ring substituents is 1. The van der Waals surface area contributed by atoms with Gasteiger partial charge in [-0.1, -0.05) is 13.8 Å². The van der Waals surface area contributed by atoms with Crippen molar-refractivity contribution in [3.63, 3.8) is 0 Å². The van der Waals surface area contributed by atoms with Crippen molar-refractivity contribution < 1.29 is 19.3 Å². The van der Waals surface area contributed by atoms with Crippen molar-refractivity contribution in [2.75, 3.05) is 19.6 Å². The summed E-state index contributed by atoms with van der Waals surface area (Å²) >= 11 is 0. The van der Waals surface area contributed by atoms with E-state index in [1.165, 1.54) is 12.1 Å². The molecule has 132 valence electrons. The minimum Gasteiger partial charge on any atom is -0.341 e. The summed E-state index contributed by atoms with van der Waals surface area (Å²) in [6.07, 6.45) is 1.04. The Bertz CT molecular complexity index is 766. The zero-order chi connectivity index (χ0) is 18.3. The number of nitrogens with zero attached hydrogens (tertiary/aromatic N) is 3. The van der Waals surface area contributed by atoms with Gasteiger partial charge in [0.2, 0.25) is 5.91 Å². The summed E-state index contributed by atoms with van der Waals surface area (Å²) in [5.74, 6) is -0.769. The quantitative estimate of drug-likeness (QED) is 0.471. The lowest BCUT2D eigenvalue weighted by molar-refractivity contribution is -0.384. The van der Waals surface area contributed by atoms with Gasteiger partial charge in [0.25, 0.3) is 17.5 Å². The molecule has 0 aliphatic carbocycles. The molecule has 0 unspecified atom stereocenters. The molecule has 3 rings (SSSR count). The van der Waals surface area contributed by atoms with Gasteiger partial charge in [-0.2, -0.15) is 0 Å². The molecule has 2 aliphatic rings. The van der Waals surface area contributed by atoms with Gasteiger partial charge in [0, 0.05) is 25.2 Å². The number of carbonyl (C=O) groups excluding carboxylic acids is 3. The van der Waals surface area contributed by atoms with Crippen LogP contribution in [0.15, 0.2) is 18.2 Å². The van der Waals surface area contributed by atoms with E-state index in [0.717, 1.165) is 17.4 Å². The van der Waals surface area contributed by atoms with E-state index < -0.39 is 16.7 Å². The molecule has 1 aromatic rings. The molecular weight excluding hydrogens is 326 g/mol. The lowest BCUT2D eigenvalue weighted by Crippen LogP contribution is -2.48. The molecule has 0 aromatic heterocycles. The molecule has 2 atom stereocenters. The Morgan fingerprint density at radius 2 is 1.76 bits per heavy atom. The topological polar surface area (TPSA) is 101 Å². The largest absolute Gasteiger partial charge is 0.341 e. The molecule has 1 saturated heterocycles. The second kappa shape index (κ2) is 6.27. The summed E-state index contributed by atoms with van der Waals surface area (Å²) < 4.78 is 0. The van der Waals surface area contributed by atoms with Gasteiger partial charge in [-0.15, -0.1) is 0 Å². The average Bonchev–Trinajstić information content (AvgIpc) is 2.78. The third-order valence-electron chi connectivity index (χ3n) is 4.68. The second-order valence-electron chi connectivity index (χ2n) is 6.93. The molecule has 0 radical (unpaired) electrons. The molecule has 0 saturated carbocycles. The first-order valence-electron chi connectivity index (χ1n) is 8.20. The summed E-state index contributed by atoms with van der Waals surface area (Å²) in [5.41, 5.74) is -0.178. The van der Waals surface area contributed by atoms with Crippen molar-refractivity contribution in [2.24, 2.45) is 11.8 Å². The Balaban J connectivity index is 1.77. The molecule has 0 spiro atoms. The Morgan fingerprint density at radius 1 is 1.16 bits per heavy atom. The third-order valence-corrected chi connectivity index (χ3v) is 4.68. The molecule has 2 aliphatic heterocycles. The maximum absolute atomic E-state index is 12.5. The first kappa shape index (κ1) is 17.1. The van der Waals surface area contributed by atoms with Gasteiger partial charge in [0.15, 0.2) is 0 Å². The monoisotopic (exact) mass is 345 g/mol. The van der Waals surface area contributed by atoms with Gasteiger partial charge in [0.05, 0.1) is 16.1 Å². The number of nitro groups is 1. The number of rotatable bonds is 3. The summed E-state index contributed by atoms with van der Waals surface area (Å²) in [6.45, 7) is 5.02. The lowest BCUT2D eigenvalue weighted by atomic mass is 9.92. The zero-order valence-electron chi connectivity index (χ0n) is 14.1. The highest BCUT2D eigenvalue weighted by Crippen LogP contribution is 2.27. The molecule has 25 heavy (non-hydrogen) atoms. The van der Waals surface area contributed by atoms with E-state index in [1.54, 1.807) is 4.90 Å². The van der Waals surface area contributed by atoms with E-state index in [4.69, 9.17) is 0 Å². The van der Waals surface area contributed by atoms with Crippen molar-refractivity contribution in [3.05, 3.63) is 39.4 Å². The van der Waals surface area contributed by atoms with Crippen LogP contribution in [0.25, 0.3) is 0 Å². The van der Waals surface area contributed by atoms with Crippen LogP contribution in [-0.4, -0.2) is 52.1 Å². The van der Waals surface area contributed by atoms with Crippen LogP contribution in [-0.2, 0) is 4.79 Å². The summed E-state index contributed by atoms with van der Waals surface area (Å²) in [4.78, 5) is 50.2. The predicted molar refractivity (Wildman–Crippen MR) is 88.0 cm³/mol. The number of amides is 3. The number of fused-ring (bicyclic) bond motifs is 1. The van der Waals surface area contributed by atoms with Crippen LogP contribution in [0.3, 0.4) is 0 Å². The van der Waals surface area contributed by atoms with Gasteiger partial charge in [-0.05, 0) is 24.3 Å². The number of likely N-dealkylation sites (tertiary alicyclic amines) is 1. The molecule has 0 N–H and O–H groups in total. The molecule has 1 aromatic carbocycles. The Hall–Kier alpha value is -2.77. The summed E-state index contributed by atoms with van der Waals surface area (Å²) in [6, 6.07) is 3.54. The number of carbonyl (C=O) groups is 3. The van der Waals surface area contributed by atoms with Gasteiger partial charge < -0.3 is 4.90 Å². The van der Waals surface area contributed by atoms with E-state index in [-0.39, 0.29) is 29.3 Å². The number of hydrogen-bond acceptors (Lipinski definition) is 5. The number of benzene rings is 1. The first-order valence-corrected chi connectivity index (χ1v) is 8.20. The number of piperidine rings is 1. The van der Waals surface area contributed by atoms with Crippen LogP contribution >= 0.6 is 0 Å². The molecule has 3 amide bonds. The van der Waals surface area contributed by atoms with Crippen molar-refractivity contribution >= 4 is 23.4 Å². The van der Waals surface area contributed by atoms with E-state index in [0.29, 0.717) is 24.9 Å². The fourth-order valence-electron chi connectivity index (χ4n) is 3.64. The number of imide groups is 1. The summed E-state index contributed by atoms with van der Waals surface area (Å²) in [5, 5.41) is 10.9. The van der Waals surface area contributed by atoms with Crippen LogP contribution in [0.1, 0.15) is 41.0 Å². The predicted octanol–water partition coefficient (Wildman–Crippen LogP) is 1.70. The Kier molecular flexibility index (Phi) is 4.28. The molecular formula is C17H19N3O5. The maximum atomic E-state index is 12.5. The van der Waals surface area contributed by atoms with Crippen molar-refractivity contribution in [1.29, 1.82) is 0 Å². The van der Waals surface area contributed by atoms with Gasteiger partial charge >= 0.3 is 0 Å². The molecule has 8 heteroatoms. The van der Waals surface area contributed by atoms with E-state index in [2.05, 4.69) is 13.8 Å². The number of non-ortho nitro benzene ring substituents is 1. The fraction of sp³-hybridized carbons (Fsp3) is 0.471. The van der Waals surface area contributed by atoms with Crippen LogP contribution in [0.2, 0.25) is 0 Å². The number of hydrogen-bond donors (Lipinski definition) is 0. The van der Waals surface area contributed by atoms with Crippen LogP contribution < -0.4 is 0 Å². The molecule has 1 fully saturated rings. The molecule has 0 bridgehead atoms. The highest BCUT2D eigenvalue weighted by Gasteiger charge is 2.39. The van der Waals surface area contributed by atoms with Crippen LogP contribution in [0.5, 0.6) is 0 Å². The molecule has 8 nitrogen and oxygen atoms in total. The first-order chi connectivity index (χ1) is 11.8. The van der Waals surface area contributed by atoms with Crippen LogP contribution in [0, 0.1) is 22.0 Å². The minimum atomic E-state index is -0.657. The smallest absolute Gasteiger partial charge is 0.270 e. The minimum absolute atomic E-state index is 0.0209. The average molecular weight is 345 g/mol. The Labute approximate surface area is 144 Å². The van der Waals surface area contributed by atoms with Crippen LogP contribution in [0.4, 0.5) is 5.69 Å².